The summed E-state index contributed by atoms with van der Waals surface area (Å²) in [7, 11) is 7.78. The van der Waals surface area contributed by atoms with Crippen molar-refractivity contribution in [1.29, 1.82) is 0 Å². The smallest absolute Gasteiger partial charge is 0.0697 e. The molecule has 0 aliphatic heterocycles. The Morgan fingerprint density at radius 2 is 1.88 bits per heavy atom. The zero-order valence-corrected chi connectivity index (χ0v) is 17.1. The Hall–Kier alpha value is -0.950. The fourth-order valence-corrected chi connectivity index (χ4v) is 4.24. The molecule has 1 saturated carbocycles. The Morgan fingerprint density at radius 3 is 2.46 bits per heavy atom. The molecule has 0 amide bonds. The van der Waals surface area contributed by atoms with Crippen molar-refractivity contribution in [2.75, 3.05) is 54.6 Å². The molecule has 0 bridgehead atoms. The van der Waals surface area contributed by atoms with E-state index in [1.807, 2.05) is 7.05 Å². The second kappa shape index (κ2) is 11.0. The molecule has 150 valence electrons. The van der Waals surface area contributed by atoms with Crippen molar-refractivity contribution in [3.8, 4) is 0 Å². The van der Waals surface area contributed by atoms with E-state index in [1.54, 1.807) is 14.2 Å². The summed E-state index contributed by atoms with van der Waals surface area (Å²) in [5.74, 6) is 0.576. The van der Waals surface area contributed by atoms with Gasteiger partial charge in [-0.25, -0.2) is 0 Å². The maximum atomic E-state index is 5.37. The van der Waals surface area contributed by atoms with E-state index in [0.717, 1.165) is 45.7 Å². The number of aromatic nitrogens is 2. The Balaban J connectivity index is 1.95. The second-order valence-electron chi connectivity index (χ2n) is 7.90. The van der Waals surface area contributed by atoms with E-state index in [0.29, 0.717) is 11.3 Å². The Morgan fingerprint density at radius 1 is 1.23 bits per heavy atom. The minimum absolute atomic E-state index is 0.378. The predicted molar refractivity (Wildman–Crippen MR) is 105 cm³/mol. The van der Waals surface area contributed by atoms with Crippen LogP contribution in [0.2, 0.25) is 0 Å². The Labute approximate surface area is 159 Å². The fraction of sp³-hybridized carbons (Fsp3) is 0.850. The molecule has 1 aromatic rings. The number of H-pyrrole nitrogens is 1. The summed E-state index contributed by atoms with van der Waals surface area (Å²) < 4.78 is 10.7. The average Bonchev–Trinajstić information content (AvgIpc) is 3.11. The SMILES string of the molecule is CNCCN(C)Cc1c[nH]nc1C1CCC(CCOC)(CCOC)CC1. The van der Waals surface area contributed by atoms with E-state index in [4.69, 9.17) is 9.47 Å². The van der Waals surface area contributed by atoms with Crippen LogP contribution in [0.4, 0.5) is 0 Å². The Bertz CT molecular complexity index is 488. The van der Waals surface area contributed by atoms with Crippen LogP contribution >= 0.6 is 0 Å². The number of hydrogen-bond acceptors (Lipinski definition) is 5. The lowest BCUT2D eigenvalue weighted by Gasteiger charge is -2.40. The Kier molecular flexibility index (Phi) is 9.05. The number of hydrogen-bond donors (Lipinski definition) is 2. The van der Waals surface area contributed by atoms with Crippen molar-refractivity contribution < 1.29 is 9.47 Å². The van der Waals surface area contributed by atoms with Gasteiger partial charge in [0.25, 0.3) is 0 Å². The summed E-state index contributed by atoms with van der Waals surface area (Å²) in [5.41, 5.74) is 3.02. The topological polar surface area (TPSA) is 62.4 Å². The zero-order chi connectivity index (χ0) is 18.8. The van der Waals surface area contributed by atoms with Gasteiger partial charge < -0.3 is 19.7 Å². The highest BCUT2D eigenvalue weighted by Crippen LogP contribution is 2.47. The highest BCUT2D eigenvalue weighted by molar-refractivity contribution is 5.21. The summed E-state index contributed by atoms with van der Waals surface area (Å²) in [6, 6.07) is 0. The highest BCUT2D eigenvalue weighted by atomic mass is 16.5. The van der Waals surface area contributed by atoms with Crippen LogP contribution in [0.5, 0.6) is 0 Å². The molecule has 26 heavy (non-hydrogen) atoms. The number of nitrogens with zero attached hydrogens (tertiary/aromatic N) is 2. The summed E-state index contributed by atoms with van der Waals surface area (Å²) in [6.45, 7) is 4.71. The molecular formula is C20H38N4O2. The normalized spacial score (nSPS) is 17.9. The van der Waals surface area contributed by atoms with Gasteiger partial charge in [0.15, 0.2) is 0 Å². The van der Waals surface area contributed by atoms with Gasteiger partial charge in [-0.1, -0.05) is 0 Å². The monoisotopic (exact) mass is 366 g/mol. The van der Waals surface area contributed by atoms with Gasteiger partial charge in [0, 0.05) is 64.7 Å². The molecule has 6 nitrogen and oxygen atoms in total. The van der Waals surface area contributed by atoms with Gasteiger partial charge in [0.1, 0.15) is 0 Å². The van der Waals surface area contributed by atoms with E-state index < -0.39 is 0 Å². The molecule has 1 fully saturated rings. The van der Waals surface area contributed by atoms with Gasteiger partial charge in [-0.2, -0.15) is 5.10 Å². The standard InChI is InChI=1S/C20H38N4O2/c1-21-11-12-24(2)16-18-15-22-23-19(18)17-5-7-20(8-6-17,9-13-25-3)10-14-26-4/h15,17,21H,5-14,16H2,1-4H3,(H,22,23). The van der Waals surface area contributed by atoms with Gasteiger partial charge in [0.2, 0.25) is 0 Å². The zero-order valence-electron chi connectivity index (χ0n) is 17.1. The lowest BCUT2D eigenvalue weighted by molar-refractivity contribution is 0.0592. The third-order valence-electron chi connectivity index (χ3n) is 6.04. The maximum absolute atomic E-state index is 5.37. The second-order valence-corrected chi connectivity index (χ2v) is 7.90. The van der Waals surface area contributed by atoms with Crippen LogP contribution < -0.4 is 5.32 Å². The first-order valence-electron chi connectivity index (χ1n) is 9.97. The van der Waals surface area contributed by atoms with Crippen LogP contribution in [-0.2, 0) is 16.0 Å². The van der Waals surface area contributed by atoms with Crippen molar-refractivity contribution in [3.05, 3.63) is 17.5 Å². The maximum Gasteiger partial charge on any atom is 0.0697 e. The van der Waals surface area contributed by atoms with E-state index in [2.05, 4.69) is 33.7 Å². The molecule has 2 rings (SSSR count). The van der Waals surface area contributed by atoms with Gasteiger partial charge in [-0.3, -0.25) is 5.10 Å². The van der Waals surface area contributed by atoms with Gasteiger partial charge >= 0.3 is 0 Å². The van der Waals surface area contributed by atoms with Crippen LogP contribution in [0.3, 0.4) is 0 Å². The molecule has 0 radical (unpaired) electrons. The fourth-order valence-electron chi connectivity index (χ4n) is 4.24. The molecule has 0 aromatic carbocycles. The third kappa shape index (κ3) is 6.05. The van der Waals surface area contributed by atoms with E-state index in [-0.39, 0.29) is 0 Å². The summed E-state index contributed by atoms with van der Waals surface area (Å²) in [5, 5.41) is 11.0. The van der Waals surface area contributed by atoms with Crippen LogP contribution in [0, 0.1) is 5.41 Å². The number of ether oxygens (including phenoxy) is 2. The van der Waals surface area contributed by atoms with Gasteiger partial charge in [-0.05, 0) is 58.0 Å². The molecule has 0 spiro atoms. The molecular weight excluding hydrogens is 328 g/mol. The molecule has 2 N–H and O–H groups in total. The lowest BCUT2D eigenvalue weighted by Crippen LogP contribution is -2.30. The number of methoxy groups -OCH3 is 2. The number of likely N-dealkylation sites (N-methyl/N-ethyl adjacent to an activating group) is 2. The number of rotatable bonds is 12. The molecule has 0 unspecified atom stereocenters. The van der Waals surface area contributed by atoms with Crippen molar-refractivity contribution >= 4 is 0 Å². The van der Waals surface area contributed by atoms with Crippen molar-refractivity contribution in [2.45, 2.75) is 51.0 Å². The average molecular weight is 367 g/mol. The highest BCUT2D eigenvalue weighted by Gasteiger charge is 2.36. The molecule has 1 aromatic heterocycles. The third-order valence-corrected chi connectivity index (χ3v) is 6.04. The molecule has 6 heteroatoms. The summed E-state index contributed by atoms with van der Waals surface area (Å²) >= 11 is 0. The van der Waals surface area contributed by atoms with Crippen molar-refractivity contribution in [1.82, 2.24) is 20.4 Å². The lowest BCUT2D eigenvalue weighted by atomic mass is 9.66. The molecule has 0 saturated heterocycles. The molecule has 1 aliphatic carbocycles. The number of nitrogens with one attached hydrogen (secondary N) is 2. The minimum Gasteiger partial charge on any atom is -0.385 e. The van der Waals surface area contributed by atoms with E-state index in [9.17, 15) is 0 Å². The van der Waals surface area contributed by atoms with Crippen LogP contribution in [0.25, 0.3) is 0 Å². The van der Waals surface area contributed by atoms with E-state index >= 15 is 0 Å². The first-order chi connectivity index (χ1) is 12.6. The largest absolute Gasteiger partial charge is 0.385 e. The first kappa shape index (κ1) is 21.4. The quantitative estimate of drug-likeness (QED) is 0.596. The van der Waals surface area contributed by atoms with Crippen LogP contribution in [0.1, 0.15) is 55.7 Å². The number of aromatic amines is 1. The molecule has 1 heterocycles. The summed E-state index contributed by atoms with van der Waals surface area (Å²) in [6.07, 6.45) is 9.28. The first-order valence-corrected chi connectivity index (χ1v) is 9.97. The van der Waals surface area contributed by atoms with E-state index in [1.165, 1.54) is 36.9 Å². The van der Waals surface area contributed by atoms with Crippen molar-refractivity contribution in [3.63, 3.8) is 0 Å². The van der Waals surface area contributed by atoms with Gasteiger partial charge in [0.05, 0.1) is 5.69 Å². The van der Waals surface area contributed by atoms with Crippen LogP contribution in [-0.4, -0.2) is 69.7 Å². The van der Waals surface area contributed by atoms with Gasteiger partial charge in [-0.15, -0.1) is 0 Å². The molecule has 1 aliphatic rings. The summed E-state index contributed by atoms with van der Waals surface area (Å²) in [4.78, 5) is 2.36. The molecule has 0 atom stereocenters. The van der Waals surface area contributed by atoms with Crippen LogP contribution in [0.15, 0.2) is 6.20 Å². The van der Waals surface area contributed by atoms with Crippen molar-refractivity contribution in [2.24, 2.45) is 5.41 Å². The minimum atomic E-state index is 0.378. The predicted octanol–water partition coefficient (Wildman–Crippen LogP) is 2.78.